The van der Waals surface area contributed by atoms with Gasteiger partial charge in [-0.1, -0.05) is 41.5 Å². The maximum absolute atomic E-state index is 13.6. The lowest BCUT2D eigenvalue weighted by molar-refractivity contribution is 0.0962. The highest BCUT2D eigenvalue weighted by atomic mass is 16.5. The third-order valence-corrected chi connectivity index (χ3v) is 6.61. The van der Waals surface area contributed by atoms with Gasteiger partial charge in [0.25, 0.3) is 0 Å². The molecule has 0 atom stereocenters. The molecule has 1 aromatic heterocycles. The molecule has 196 valence electrons. The van der Waals surface area contributed by atoms with Gasteiger partial charge in [0.05, 0.1) is 18.8 Å². The molecule has 0 saturated heterocycles. The van der Waals surface area contributed by atoms with Gasteiger partial charge in [-0.15, -0.1) is 0 Å². The van der Waals surface area contributed by atoms with Gasteiger partial charge < -0.3 is 19.6 Å². The molecule has 7 heteroatoms. The van der Waals surface area contributed by atoms with Crippen LogP contribution in [0.3, 0.4) is 0 Å². The highest BCUT2D eigenvalue weighted by molar-refractivity contribution is 6.05. The summed E-state index contributed by atoms with van der Waals surface area (Å²) < 4.78 is 5.95. The number of carbonyl (C=O) groups excluding carboxylic acids is 1. The van der Waals surface area contributed by atoms with E-state index in [9.17, 15) is 9.90 Å². The monoisotopic (exact) mass is 494 g/mol. The van der Waals surface area contributed by atoms with Crippen molar-refractivity contribution in [1.29, 1.82) is 5.41 Å². The van der Waals surface area contributed by atoms with Crippen LogP contribution in [0.5, 0.6) is 11.5 Å². The summed E-state index contributed by atoms with van der Waals surface area (Å²) >= 11 is 0. The van der Waals surface area contributed by atoms with Gasteiger partial charge in [0, 0.05) is 40.9 Å². The predicted octanol–water partition coefficient (Wildman–Crippen LogP) is 5.17. The van der Waals surface area contributed by atoms with Crippen LogP contribution in [0.15, 0.2) is 12.1 Å². The number of carbonyl (C=O) groups is 1. The first-order valence-corrected chi connectivity index (χ1v) is 12.6. The standard InChI is InChI=1S/C29H42N4O3/c1-11-36-26-17(2)19-14-33(27(30)24(19)31-22(26)15-32(9)10)16-23(34)18-12-20(28(3,4)5)25(35)21(13-18)29(6,7)8/h12-13,30,35H,11,14-16H2,1-10H3. The largest absolute Gasteiger partial charge is 0.507 e. The highest BCUT2D eigenvalue weighted by Gasteiger charge is 2.33. The Hall–Kier alpha value is -2.93. The Bertz CT molecular complexity index is 1150. The van der Waals surface area contributed by atoms with Crippen molar-refractivity contribution in [3.05, 3.63) is 51.3 Å². The Labute approximate surface area is 216 Å². The third kappa shape index (κ3) is 5.41. The highest BCUT2D eigenvalue weighted by Crippen LogP contribution is 2.40. The summed E-state index contributed by atoms with van der Waals surface area (Å²) in [5.41, 5.74) is 4.77. The number of ether oxygens (including phenoxy) is 1. The zero-order valence-electron chi connectivity index (χ0n) is 23.6. The zero-order valence-corrected chi connectivity index (χ0v) is 23.6. The number of aromatic hydroxyl groups is 1. The number of amidine groups is 1. The summed E-state index contributed by atoms with van der Waals surface area (Å²) in [6.07, 6.45) is 0. The van der Waals surface area contributed by atoms with E-state index in [1.807, 2.05) is 86.5 Å². The van der Waals surface area contributed by atoms with Gasteiger partial charge in [0.1, 0.15) is 23.0 Å². The summed E-state index contributed by atoms with van der Waals surface area (Å²) in [6.45, 7) is 17.8. The molecule has 0 spiro atoms. The number of phenols is 1. The minimum Gasteiger partial charge on any atom is -0.507 e. The van der Waals surface area contributed by atoms with E-state index in [4.69, 9.17) is 15.1 Å². The molecular formula is C29H42N4O3. The van der Waals surface area contributed by atoms with Crippen molar-refractivity contribution >= 4 is 11.6 Å². The smallest absolute Gasteiger partial charge is 0.182 e. The average molecular weight is 495 g/mol. The SMILES string of the molecule is CCOc1c(CN(C)C)nc2c(c1C)CN(CC(=O)c1cc(C(C)(C)C)c(O)c(C(C)(C)C)c1)C2=N. The number of fused-ring (bicyclic) bond motifs is 1. The van der Waals surface area contributed by atoms with Crippen LogP contribution >= 0.6 is 0 Å². The summed E-state index contributed by atoms with van der Waals surface area (Å²) in [6, 6.07) is 3.62. The molecule has 1 aromatic carbocycles. The normalized spacial score (nSPS) is 14.0. The molecule has 7 nitrogen and oxygen atoms in total. The number of benzene rings is 1. The van der Waals surface area contributed by atoms with Crippen LogP contribution < -0.4 is 4.74 Å². The maximum Gasteiger partial charge on any atom is 0.182 e. The molecule has 2 heterocycles. The quantitative estimate of drug-likeness (QED) is 0.516. The van der Waals surface area contributed by atoms with Gasteiger partial charge in [-0.25, -0.2) is 4.98 Å². The lowest BCUT2D eigenvalue weighted by atomic mass is 9.78. The topological polar surface area (TPSA) is 89.8 Å². The number of Topliss-reactive ketones (excluding diaryl/α,β-unsaturated/α-hetero) is 1. The van der Waals surface area contributed by atoms with Crippen LogP contribution in [0.1, 0.15) is 92.5 Å². The summed E-state index contributed by atoms with van der Waals surface area (Å²) in [7, 11) is 3.96. The van der Waals surface area contributed by atoms with Crippen molar-refractivity contribution in [2.24, 2.45) is 0 Å². The number of hydrogen-bond acceptors (Lipinski definition) is 6. The maximum atomic E-state index is 13.6. The molecule has 1 aliphatic heterocycles. The van der Waals surface area contributed by atoms with Crippen LogP contribution in [0.2, 0.25) is 0 Å². The molecule has 0 saturated carbocycles. The van der Waals surface area contributed by atoms with E-state index in [2.05, 4.69) is 0 Å². The lowest BCUT2D eigenvalue weighted by Crippen LogP contribution is -2.31. The van der Waals surface area contributed by atoms with Gasteiger partial charge in [-0.2, -0.15) is 0 Å². The van der Waals surface area contributed by atoms with E-state index in [0.29, 0.717) is 31.0 Å². The van der Waals surface area contributed by atoms with E-state index in [-0.39, 0.29) is 34.7 Å². The number of nitrogens with one attached hydrogen (secondary N) is 1. The Morgan fingerprint density at radius 2 is 1.69 bits per heavy atom. The van der Waals surface area contributed by atoms with Crippen LogP contribution in [0, 0.1) is 12.3 Å². The minimum atomic E-state index is -0.323. The van der Waals surface area contributed by atoms with E-state index in [1.165, 1.54) is 0 Å². The molecule has 2 N–H and O–H groups in total. The molecule has 0 unspecified atom stereocenters. The van der Waals surface area contributed by atoms with Gasteiger partial charge in [-0.05, 0) is 50.9 Å². The van der Waals surface area contributed by atoms with Crippen LogP contribution in [0.25, 0.3) is 0 Å². The number of aromatic nitrogens is 1. The number of rotatable bonds is 7. The summed E-state index contributed by atoms with van der Waals surface area (Å²) in [5.74, 6) is 1.20. The van der Waals surface area contributed by atoms with Gasteiger partial charge in [-0.3, -0.25) is 10.2 Å². The van der Waals surface area contributed by atoms with Crippen LogP contribution in [-0.2, 0) is 23.9 Å². The molecule has 0 radical (unpaired) electrons. The molecule has 0 amide bonds. The zero-order chi connectivity index (χ0) is 27.2. The fraction of sp³-hybridized carbons (Fsp3) is 0.552. The molecule has 2 aromatic rings. The second-order valence-corrected chi connectivity index (χ2v) is 12.1. The van der Waals surface area contributed by atoms with Crippen molar-refractivity contribution < 1.29 is 14.6 Å². The second-order valence-electron chi connectivity index (χ2n) is 12.1. The van der Waals surface area contributed by atoms with Crippen molar-refractivity contribution in [3.8, 4) is 11.5 Å². The van der Waals surface area contributed by atoms with Gasteiger partial charge in [0.2, 0.25) is 0 Å². The minimum absolute atomic E-state index is 0.0690. The number of hydrogen-bond donors (Lipinski definition) is 2. The third-order valence-electron chi connectivity index (χ3n) is 6.61. The van der Waals surface area contributed by atoms with Gasteiger partial charge >= 0.3 is 0 Å². The Balaban J connectivity index is 1.98. The van der Waals surface area contributed by atoms with Crippen molar-refractivity contribution in [3.63, 3.8) is 0 Å². The fourth-order valence-electron chi connectivity index (χ4n) is 4.67. The van der Waals surface area contributed by atoms with Gasteiger partial charge in [0.15, 0.2) is 5.78 Å². The van der Waals surface area contributed by atoms with E-state index in [1.54, 1.807) is 4.90 Å². The second kappa shape index (κ2) is 9.85. The van der Waals surface area contributed by atoms with Crippen LogP contribution in [0.4, 0.5) is 0 Å². The molecule has 0 bridgehead atoms. The van der Waals surface area contributed by atoms with E-state index >= 15 is 0 Å². The van der Waals surface area contributed by atoms with Crippen molar-refractivity contribution in [2.45, 2.75) is 79.3 Å². The molecule has 36 heavy (non-hydrogen) atoms. The number of ketones is 1. The molecule has 0 aliphatic carbocycles. The number of pyridine rings is 1. The predicted molar refractivity (Wildman–Crippen MR) is 145 cm³/mol. The lowest BCUT2D eigenvalue weighted by Gasteiger charge is -2.28. The molecule has 0 fully saturated rings. The Kier molecular flexibility index (Phi) is 7.56. The van der Waals surface area contributed by atoms with E-state index < -0.39 is 0 Å². The molecule has 3 rings (SSSR count). The molecule has 1 aliphatic rings. The first-order valence-electron chi connectivity index (χ1n) is 12.6. The first kappa shape index (κ1) is 27.7. The van der Waals surface area contributed by atoms with Crippen molar-refractivity contribution in [2.75, 3.05) is 27.2 Å². The number of nitrogens with zero attached hydrogens (tertiary/aromatic N) is 3. The Morgan fingerprint density at radius 3 is 2.17 bits per heavy atom. The average Bonchev–Trinajstić information content (AvgIpc) is 3.04. The van der Waals surface area contributed by atoms with Crippen molar-refractivity contribution in [1.82, 2.24) is 14.8 Å². The number of phenolic OH excluding ortho intramolecular Hbond substituents is 1. The fourth-order valence-corrected chi connectivity index (χ4v) is 4.67. The summed E-state index contributed by atoms with van der Waals surface area (Å²) in [4.78, 5) is 22.2. The molecular weight excluding hydrogens is 452 g/mol. The summed E-state index contributed by atoms with van der Waals surface area (Å²) in [5, 5.41) is 19.8. The van der Waals surface area contributed by atoms with E-state index in [0.717, 1.165) is 33.7 Å². The first-order chi connectivity index (χ1) is 16.6. The van der Waals surface area contributed by atoms with Crippen LogP contribution in [-0.4, -0.2) is 58.8 Å². The Morgan fingerprint density at radius 1 is 1.14 bits per heavy atom.